The van der Waals surface area contributed by atoms with Crippen LogP contribution in [-0.4, -0.2) is 113 Å². The van der Waals surface area contributed by atoms with Crippen LogP contribution >= 0.6 is 0 Å². The second-order valence-corrected chi connectivity index (χ2v) is 31.6. The van der Waals surface area contributed by atoms with E-state index in [0.29, 0.717) is 0 Å². The van der Waals surface area contributed by atoms with Crippen molar-refractivity contribution in [3.8, 4) is 0 Å². The summed E-state index contributed by atoms with van der Waals surface area (Å²) in [5.74, 6) is 0. The molecule has 9 aromatic carbocycles. The van der Waals surface area contributed by atoms with Gasteiger partial charge in [-0.3, -0.25) is 0 Å². The van der Waals surface area contributed by atoms with Crippen molar-refractivity contribution in [1.29, 1.82) is 0 Å². The van der Waals surface area contributed by atoms with Crippen LogP contribution in [0.2, 0.25) is 5.04 Å². The van der Waals surface area contributed by atoms with Crippen LogP contribution in [0.3, 0.4) is 0 Å². The van der Waals surface area contributed by atoms with E-state index in [1.807, 2.05) is 249 Å². The minimum atomic E-state index is -3.34. The maximum Gasteiger partial charge on any atom is 0.261 e. The van der Waals surface area contributed by atoms with Crippen molar-refractivity contribution in [2.75, 3.05) is 13.2 Å². The second-order valence-electron chi connectivity index (χ2n) is 27.3. The summed E-state index contributed by atoms with van der Waals surface area (Å²) in [5, 5.41) is 15.0. The summed E-state index contributed by atoms with van der Waals surface area (Å²) < 4.78 is 87.4. The predicted octanol–water partition coefficient (Wildman–Crippen LogP) is 16.0. The first-order valence-corrected chi connectivity index (χ1v) is 37.5. The van der Waals surface area contributed by atoms with Crippen LogP contribution in [0.15, 0.2) is 288 Å². The molecule has 0 spiro atoms. The van der Waals surface area contributed by atoms with Gasteiger partial charge < -0.3 is 56.5 Å². The first-order valence-electron chi connectivity index (χ1n) is 35.6. The molecule has 1 aliphatic carbocycles. The Hall–Kier alpha value is -9.35. The van der Waals surface area contributed by atoms with Crippen molar-refractivity contribution in [1.82, 2.24) is 0 Å². The Bertz CT molecular complexity index is 4160. The lowest BCUT2D eigenvalue weighted by Crippen LogP contribution is -2.69. The normalized spacial score (nSPS) is 24.7. The molecule has 9 aromatic rings. The fraction of sp³-hybridized carbons (Fsp3) is 0.349. The van der Waals surface area contributed by atoms with E-state index in [-0.39, 0.29) is 65.9 Å². The van der Waals surface area contributed by atoms with Crippen molar-refractivity contribution in [3.63, 3.8) is 0 Å². The molecular formula is C83H89N9O12Si. The molecule has 0 radical (unpaired) electrons. The summed E-state index contributed by atoms with van der Waals surface area (Å²) in [4.78, 5) is 10.3. The van der Waals surface area contributed by atoms with Crippen molar-refractivity contribution in [2.45, 2.75) is 170 Å². The van der Waals surface area contributed by atoms with Crippen molar-refractivity contribution in [2.24, 2.45) is 15.3 Å². The highest BCUT2D eigenvalue weighted by atomic mass is 28.4. The van der Waals surface area contributed by atoms with Crippen LogP contribution in [0, 0.1) is 0 Å². The van der Waals surface area contributed by atoms with Crippen LogP contribution in [0.4, 0.5) is 0 Å². The van der Waals surface area contributed by atoms with Gasteiger partial charge in [0.15, 0.2) is 12.6 Å². The number of nitrogens with zero attached hydrogens (tertiary/aromatic N) is 9. The monoisotopic (exact) mass is 1430 g/mol. The lowest BCUT2D eigenvalue weighted by atomic mass is 9.83. The fourth-order valence-corrected chi connectivity index (χ4v) is 18.7. The molecule has 12 rings (SSSR count). The van der Waals surface area contributed by atoms with Crippen molar-refractivity contribution < 1.29 is 56.5 Å². The first-order chi connectivity index (χ1) is 51.6. The number of benzene rings is 9. The molecule has 3 aliphatic rings. The van der Waals surface area contributed by atoms with Crippen LogP contribution in [0.5, 0.6) is 0 Å². The van der Waals surface area contributed by atoms with Gasteiger partial charge in [0.1, 0.15) is 42.7 Å². The fourth-order valence-electron chi connectivity index (χ4n) is 14.2. The van der Waals surface area contributed by atoms with E-state index in [9.17, 15) is 16.6 Å². The van der Waals surface area contributed by atoms with E-state index >= 15 is 0 Å². The molecule has 2 aliphatic heterocycles. The Balaban J connectivity index is 0.991. The quantitative estimate of drug-likeness (QED) is 0.0158. The molecule has 0 aromatic heterocycles. The molecule has 0 bridgehead atoms. The summed E-state index contributed by atoms with van der Waals surface area (Å²) in [6.07, 6.45) is -14.1. The summed E-state index contributed by atoms with van der Waals surface area (Å²) >= 11 is 0. The van der Waals surface area contributed by atoms with Crippen LogP contribution in [-0.2, 0) is 103 Å². The largest absolute Gasteiger partial charge is 0.405 e. The van der Waals surface area contributed by atoms with Gasteiger partial charge in [-0.25, -0.2) is 0 Å². The van der Waals surface area contributed by atoms with Crippen molar-refractivity contribution in [3.05, 3.63) is 343 Å². The van der Waals surface area contributed by atoms with Gasteiger partial charge in [0.25, 0.3) is 8.32 Å². The summed E-state index contributed by atoms with van der Waals surface area (Å²) in [5.41, 5.74) is 38.2. The Morgan fingerprint density at radius 2 is 0.638 bits per heavy atom. The Kier molecular flexibility index (Phi) is 27.3. The van der Waals surface area contributed by atoms with E-state index in [2.05, 4.69) is 75.1 Å². The number of hydrogen-bond donors (Lipinski definition) is 0. The average Bonchev–Trinajstić information content (AvgIpc) is 0.752. The van der Waals surface area contributed by atoms with Crippen molar-refractivity contribution >= 4 is 18.7 Å². The molecule has 2 saturated heterocycles. The summed E-state index contributed by atoms with van der Waals surface area (Å²) in [6.45, 7) is 7.20. The molecule has 21 nitrogen and oxygen atoms in total. The maximum absolute atomic E-state index is 10.8. The molecule has 3 fully saturated rings. The lowest BCUT2D eigenvalue weighted by Gasteiger charge is -2.51. The lowest BCUT2D eigenvalue weighted by molar-refractivity contribution is -0.353. The van der Waals surface area contributed by atoms with Gasteiger partial charge in [0, 0.05) is 14.7 Å². The Morgan fingerprint density at radius 3 is 1.00 bits per heavy atom. The molecule has 2 heterocycles. The van der Waals surface area contributed by atoms with Gasteiger partial charge >= 0.3 is 0 Å². The van der Waals surface area contributed by atoms with E-state index < -0.39 is 105 Å². The zero-order valence-corrected chi connectivity index (χ0v) is 60.1. The maximum atomic E-state index is 10.8. The zero-order valence-electron chi connectivity index (χ0n) is 59.1. The molecular weight excluding hydrogens is 1340 g/mol. The third-order valence-corrected chi connectivity index (χ3v) is 24.3. The number of ether oxygens (including phenoxy) is 11. The number of hydrogen-bond acceptors (Lipinski definition) is 15. The minimum absolute atomic E-state index is 0.0176. The third-order valence-electron chi connectivity index (χ3n) is 19.3. The van der Waals surface area contributed by atoms with Crippen LogP contribution < -0.4 is 10.4 Å². The topological polar surface area (TPSA) is 257 Å². The van der Waals surface area contributed by atoms with E-state index in [0.717, 1.165) is 49.3 Å². The molecule has 542 valence electrons. The highest BCUT2D eigenvalue weighted by Crippen LogP contribution is 2.42. The molecule has 0 N–H and O–H groups in total. The zero-order chi connectivity index (χ0) is 72.5. The van der Waals surface area contributed by atoms with Gasteiger partial charge in [-0.2, -0.15) is 0 Å². The third kappa shape index (κ3) is 19.8. The van der Waals surface area contributed by atoms with Gasteiger partial charge in [0.05, 0.1) is 95.9 Å². The van der Waals surface area contributed by atoms with Gasteiger partial charge in [-0.05, 0) is 77.4 Å². The molecule has 0 amide bonds. The number of rotatable bonds is 34. The highest BCUT2D eigenvalue weighted by molar-refractivity contribution is 6.99. The van der Waals surface area contributed by atoms with E-state index in [1.54, 1.807) is 0 Å². The highest BCUT2D eigenvalue weighted by Gasteiger charge is 2.58. The predicted molar refractivity (Wildman–Crippen MR) is 400 cm³/mol. The average molecular weight is 1430 g/mol. The smallest absolute Gasteiger partial charge is 0.261 e. The molecule has 1 saturated carbocycles. The van der Waals surface area contributed by atoms with Gasteiger partial charge in [-0.1, -0.05) is 309 Å². The number of azide groups is 3. The second kappa shape index (κ2) is 38.1. The summed E-state index contributed by atoms with van der Waals surface area (Å²) in [6, 6.07) is 85.3. The van der Waals surface area contributed by atoms with Crippen LogP contribution in [0.25, 0.3) is 31.3 Å². The SMILES string of the molecule is CC(C)(C)[Si](OC[C@H]1O[C@H](O[C@H]2[C@H](OCc3ccccc3)[C@@H](O[C@H]3O[C@H](COCc4ccccc4)[C@@H](OCc4ccccc4)[C@H](N=[N+]=[N-])[C@H]3OCc3ccccc3)[C@H](N=[N+]=[N-])C[C@@H]2N=[N+]=[N-])[C@H](OCc2ccccc2)[C@@H](OCc2ccccc2)[C@@H]1OCc1ccccc1)(c1ccccc1)c1ccccc1. The van der Waals surface area contributed by atoms with Gasteiger partial charge in [0.2, 0.25) is 0 Å². The van der Waals surface area contributed by atoms with Crippen LogP contribution in [0.1, 0.15) is 66.1 Å². The molecule has 105 heavy (non-hydrogen) atoms. The minimum Gasteiger partial charge on any atom is -0.405 e. The first kappa shape index (κ1) is 75.3. The Morgan fingerprint density at radius 1 is 0.343 bits per heavy atom. The Labute approximate surface area is 614 Å². The standard InChI is InChI=1S/C83H89N9O12Si/c1-83(2,3)105(66-45-27-11-28-46-66,67-47-29-12-30-48-67)100-58-71-76(95-52-61-35-17-6-18-36-61)79(98-55-64-41-23-9-24-42-64)80(99-56-65-43-25-10-26-44-65)82(102-71)104-74-69(88-91-85)49-68(87-90-84)73(78(74)97-54-63-39-21-8-22-40-63)103-81-77(96-53-62-37-19-7-20-38-62)72(89-92-86)75(94-51-60-33-15-5-16-34-60)70(101-81)57-93-50-59-31-13-4-14-32-59/h4-48,68-82H,49-58H2,1-3H3/t68-,69+,70-,71-,72+,73+,74-,75-,76-,77-,78-,79+,80-,81-,82-/m1/s1. The summed E-state index contributed by atoms with van der Waals surface area (Å²) in [7, 11) is -3.34. The van der Waals surface area contributed by atoms with E-state index in [4.69, 9.17) is 56.5 Å². The molecule has 0 unspecified atom stereocenters. The molecule has 22 heteroatoms. The van der Waals surface area contributed by atoms with Gasteiger partial charge in [-0.15, -0.1) is 0 Å². The van der Waals surface area contributed by atoms with E-state index in [1.165, 1.54) is 0 Å². The molecule has 15 atom stereocenters.